The number of aryl methyl sites for hydroxylation is 1. The minimum atomic E-state index is -0.793. The van der Waals surface area contributed by atoms with Gasteiger partial charge in [-0.2, -0.15) is 0 Å². The molecular formula is C30H31NO5. The number of hydrogen-bond acceptors (Lipinski definition) is 5. The van der Waals surface area contributed by atoms with Crippen molar-refractivity contribution < 1.29 is 24.2 Å². The van der Waals surface area contributed by atoms with E-state index in [4.69, 9.17) is 9.47 Å². The third-order valence-corrected chi connectivity index (χ3v) is 6.04. The second kappa shape index (κ2) is 10.7. The summed E-state index contributed by atoms with van der Waals surface area (Å²) in [6, 6.07) is 20.8. The number of nitrogens with zero attached hydrogens (tertiary/aromatic N) is 1. The average Bonchev–Trinajstić information content (AvgIpc) is 3.14. The minimum Gasteiger partial charge on any atom is -0.507 e. The Hall–Kier alpha value is -4.06. The fourth-order valence-corrected chi connectivity index (χ4v) is 4.27. The van der Waals surface area contributed by atoms with Crippen molar-refractivity contribution in [1.82, 2.24) is 0 Å². The molecule has 1 amide bonds. The molecule has 0 radical (unpaired) electrons. The van der Waals surface area contributed by atoms with E-state index in [1.54, 1.807) is 36.4 Å². The number of hydrogen-bond donors (Lipinski definition) is 1. The van der Waals surface area contributed by atoms with Crippen molar-refractivity contribution in [3.05, 3.63) is 95.1 Å². The van der Waals surface area contributed by atoms with Gasteiger partial charge in [-0.1, -0.05) is 44.2 Å². The van der Waals surface area contributed by atoms with Gasteiger partial charge < -0.3 is 14.6 Å². The van der Waals surface area contributed by atoms with E-state index >= 15 is 0 Å². The average molecular weight is 486 g/mol. The normalized spacial score (nSPS) is 17.0. The molecule has 6 nitrogen and oxygen atoms in total. The van der Waals surface area contributed by atoms with Gasteiger partial charge in [0.25, 0.3) is 11.7 Å². The number of rotatable bonds is 8. The van der Waals surface area contributed by atoms with E-state index in [1.807, 2.05) is 50.2 Å². The van der Waals surface area contributed by atoms with Crippen molar-refractivity contribution in [1.29, 1.82) is 0 Å². The molecule has 0 saturated carbocycles. The van der Waals surface area contributed by atoms with Crippen molar-refractivity contribution >= 4 is 23.1 Å². The number of amides is 1. The summed E-state index contributed by atoms with van der Waals surface area (Å²) in [5.41, 5.74) is 2.64. The molecule has 1 heterocycles. The molecule has 3 aromatic carbocycles. The highest BCUT2D eigenvalue weighted by molar-refractivity contribution is 6.51. The van der Waals surface area contributed by atoms with Crippen LogP contribution in [0, 0.1) is 12.8 Å². The van der Waals surface area contributed by atoms with Gasteiger partial charge in [0.2, 0.25) is 0 Å². The van der Waals surface area contributed by atoms with Gasteiger partial charge in [0.15, 0.2) is 0 Å². The molecule has 1 aliphatic heterocycles. The predicted molar refractivity (Wildman–Crippen MR) is 140 cm³/mol. The Kier molecular flexibility index (Phi) is 7.44. The molecule has 1 saturated heterocycles. The summed E-state index contributed by atoms with van der Waals surface area (Å²) in [7, 11) is 0. The lowest BCUT2D eigenvalue weighted by Gasteiger charge is -2.27. The Morgan fingerprint density at radius 1 is 0.917 bits per heavy atom. The molecule has 1 atom stereocenters. The van der Waals surface area contributed by atoms with Gasteiger partial charge in [0, 0.05) is 11.3 Å². The number of carbonyl (C=O) groups excluding carboxylic acids is 2. The molecular weight excluding hydrogens is 454 g/mol. The number of ether oxygens (including phenoxy) is 2. The molecule has 1 unspecified atom stereocenters. The summed E-state index contributed by atoms with van der Waals surface area (Å²) in [6.45, 7) is 9.02. The van der Waals surface area contributed by atoms with Gasteiger partial charge in [0.1, 0.15) is 17.3 Å². The first-order chi connectivity index (χ1) is 17.3. The van der Waals surface area contributed by atoms with Gasteiger partial charge in [-0.3, -0.25) is 14.5 Å². The number of anilines is 1. The topological polar surface area (TPSA) is 76.1 Å². The lowest BCUT2D eigenvalue weighted by Crippen LogP contribution is -2.30. The number of aliphatic hydroxyl groups excluding tert-OH is 1. The van der Waals surface area contributed by atoms with E-state index in [0.29, 0.717) is 47.4 Å². The number of benzene rings is 3. The van der Waals surface area contributed by atoms with Crippen LogP contribution in [0.4, 0.5) is 5.69 Å². The number of Topliss-reactive ketones (excluding diaryl/α,β-unsaturated/α-hetero) is 1. The van der Waals surface area contributed by atoms with E-state index < -0.39 is 17.7 Å². The van der Waals surface area contributed by atoms with Crippen LogP contribution in [0.1, 0.15) is 43.5 Å². The van der Waals surface area contributed by atoms with E-state index in [9.17, 15) is 14.7 Å². The molecule has 0 aromatic heterocycles. The van der Waals surface area contributed by atoms with E-state index in [2.05, 4.69) is 13.8 Å². The molecule has 0 spiro atoms. The third kappa shape index (κ3) is 4.98. The summed E-state index contributed by atoms with van der Waals surface area (Å²) in [5.74, 6) is 0.106. The molecule has 1 aliphatic rings. The molecule has 186 valence electrons. The van der Waals surface area contributed by atoms with E-state index in [-0.39, 0.29) is 11.3 Å². The molecule has 1 fully saturated rings. The fourth-order valence-electron chi connectivity index (χ4n) is 4.27. The second-order valence-electron chi connectivity index (χ2n) is 9.19. The Balaban J connectivity index is 1.82. The summed E-state index contributed by atoms with van der Waals surface area (Å²) < 4.78 is 11.3. The molecule has 0 aliphatic carbocycles. The first kappa shape index (κ1) is 25.0. The Morgan fingerprint density at radius 2 is 1.53 bits per heavy atom. The fraction of sp³-hybridized carbons (Fsp3) is 0.267. The van der Waals surface area contributed by atoms with Crippen LogP contribution in [-0.2, 0) is 9.59 Å². The van der Waals surface area contributed by atoms with Crippen LogP contribution in [0.2, 0.25) is 0 Å². The number of carbonyl (C=O) groups is 2. The lowest BCUT2D eigenvalue weighted by molar-refractivity contribution is -0.132. The van der Waals surface area contributed by atoms with Crippen LogP contribution in [0.15, 0.2) is 78.4 Å². The molecule has 6 heteroatoms. The molecule has 1 N–H and O–H groups in total. The van der Waals surface area contributed by atoms with Crippen molar-refractivity contribution in [2.75, 3.05) is 18.1 Å². The van der Waals surface area contributed by atoms with Crippen molar-refractivity contribution in [2.24, 2.45) is 5.92 Å². The SMILES string of the molecule is CCOc1ccc(C2/C(=C(\O)c3ccc(OCC(C)C)cc3)C(=O)C(=O)N2c2ccccc2C)cc1. The summed E-state index contributed by atoms with van der Waals surface area (Å²) in [5, 5.41) is 11.3. The highest BCUT2D eigenvalue weighted by Crippen LogP contribution is 2.43. The summed E-state index contributed by atoms with van der Waals surface area (Å²) >= 11 is 0. The van der Waals surface area contributed by atoms with Crippen molar-refractivity contribution in [3.8, 4) is 11.5 Å². The monoisotopic (exact) mass is 485 g/mol. The first-order valence-electron chi connectivity index (χ1n) is 12.1. The zero-order valence-corrected chi connectivity index (χ0v) is 21.0. The zero-order valence-electron chi connectivity index (χ0n) is 21.0. The Labute approximate surface area is 211 Å². The molecule has 3 aromatic rings. The van der Waals surface area contributed by atoms with Crippen LogP contribution >= 0.6 is 0 Å². The van der Waals surface area contributed by atoms with Gasteiger partial charge >= 0.3 is 0 Å². The molecule has 4 rings (SSSR count). The van der Waals surface area contributed by atoms with Crippen molar-refractivity contribution in [2.45, 2.75) is 33.7 Å². The number of ketones is 1. The second-order valence-corrected chi connectivity index (χ2v) is 9.19. The number of aliphatic hydroxyl groups is 1. The van der Waals surface area contributed by atoms with Crippen LogP contribution in [0.3, 0.4) is 0 Å². The maximum Gasteiger partial charge on any atom is 0.300 e. The van der Waals surface area contributed by atoms with Crippen LogP contribution < -0.4 is 14.4 Å². The standard InChI is InChI=1S/C30H31NO5/c1-5-35-23-14-10-21(11-15-23)27-26(28(32)22-12-16-24(17-13-22)36-18-19(2)3)29(33)30(34)31(27)25-9-7-6-8-20(25)4/h6-17,19,27,32H,5,18H2,1-4H3/b28-26+. The quantitative estimate of drug-likeness (QED) is 0.239. The summed E-state index contributed by atoms with van der Waals surface area (Å²) in [6.07, 6.45) is 0. The minimum absolute atomic E-state index is 0.0447. The smallest absolute Gasteiger partial charge is 0.300 e. The van der Waals surface area contributed by atoms with Gasteiger partial charge in [-0.05, 0) is 73.4 Å². The van der Waals surface area contributed by atoms with E-state index in [0.717, 1.165) is 5.56 Å². The molecule has 0 bridgehead atoms. The van der Waals surface area contributed by atoms with Crippen LogP contribution in [0.5, 0.6) is 11.5 Å². The van der Waals surface area contributed by atoms with Crippen LogP contribution in [0.25, 0.3) is 5.76 Å². The maximum atomic E-state index is 13.4. The Morgan fingerprint density at radius 3 is 2.14 bits per heavy atom. The maximum absolute atomic E-state index is 13.4. The van der Waals surface area contributed by atoms with Gasteiger partial charge in [0.05, 0.1) is 24.8 Å². The van der Waals surface area contributed by atoms with Crippen LogP contribution in [-0.4, -0.2) is 30.0 Å². The largest absolute Gasteiger partial charge is 0.507 e. The Bertz CT molecular complexity index is 1280. The highest BCUT2D eigenvalue weighted by atomic mass is 16.5. The lowest BCUT2D eigenvalue weighted by atomic mass is 9.95. The number of para-hydroxylation sites is 1. The zero-order chi connectivity index (χ0) is 25.8. The first-order valence-corrected chi connectivity index (χ1v) is 12.1. The van der Waals surface area contributed by atoms with Gasteiger partial charge in [-0.25, -0.2) is 0 Å². The van der Waals surface area contributed by atoms with Gasteiger partial charge in [-0.15, -0.1) is 0 Å². The highest BCUT2D eigenvalue weighted by Gasteiger charge is 2.47. The van der Waals surface area contributed by atoms with Crippen molar-refractivity contribution in [3.63, 3.8) is 0 Å². The third-order valence-electron chi connectivity index (χ3n) is 6.04. The summed E-state index contributed by atoms with van der Waals surface area (Å²) in [4.78, 5) is 28.2. The predicted octanol–water partition coefficient (Wildman–Crippen LogP) is 6.05. The molecule has 36 heavy (non-hydrogen) atoms. The van der Waals surface area contributed by atoms with E-state index in [1.165, 1.54) is 4.90 Å².